The highest BCUT2D eigenvalue weighted by molar-refractivity contribution is 5.83. The lowest BCUT2D eigenvalue weighted by molar-refractivity contribution is 0.0198. The Labute approximate surface area is 285 Å². The third-order valence-corrected chi connectivity index (χ3v) is 10.9. The number of methoxy groups -OCH3 is 1. The minimum absolute atomic E-state index is 0.105. The van der Waals surface area contributed by atoms with Crippen molar-refractivity contribution >= 4 is 0 Å². The van der Waals surface area contributed by atoms with E-state index in [-0.39, 0.29) is 12.0 Å². The van der Waals surface area contributed by atoms with E-state index in [1.807, 2.05) is 30.3 Å². The third kappa shape index (κ3) is 6.34. The Morgan fingerprint density at radius 3 is 2.65 bits per heavy atom. The quantitative estimate of drug-likeness (QED) is 0.187. The number of hydrogen-bond donors (Lipinski definition) is 2. The standard InChI is InChI=1S/C42H50O6/c1-5-6-7-12-27-19-29-21-33(43)30(18-25(2)3)20-31(29)41-39(45-4)24-37-32(40(27)41)23-34(44)42(48-37)28-15-16-36-38(22-28)47-35-14-9-8-11-26(35)13-10-17-46-36/h15-16,20-22,24-27,34-35,42-44H,5-9,11-14,18-19,23H2,1-4H3. The summed E-state index contributed by atoms with van der Waals surface area (Å²) in [5.74, 6) is 7.44. The molecule has 2 N–H and O–H groups in total. The lowest BCUT2D eigenvalue weighted by Gasteiger charge is -2.38. The molecule has 2 heterocycles. The molecule has 1 saturated carbocycles. The van der Waals surface area contributed by atoms with Crippen LogP contribution in [0.5, 0.6) is 28.7 Å². The maximum Gasteiger partial charge on any atom is 0.182 e. The summed E-state index contributed by atoms with van der Waals surface area (Å²) >= 11 is 0. The summed E-state index contributed by atoms with van der Waals surface area (Å²) in [6, 6.07) is 12.0. The second-order valence-electron chi connectivity index (χ2n) is 14.8. The van der Waals surface area contributed by atoms with Crippen LogP contribution >= 0.6 is 0 Å². The number of phenols is 1. The number of ether oxygens (including phenoxy) is 4. The molecule has 0 aromatic heterocycles. The van der Waals surface area contributed by atoms with Crippen molar-refractivity contribution in [1.29, 1.82) is 0 Å². The zero-order valence-electron chi connectivity index (χ0n) is 28.9. The fourth-order valence-electron chi connectivity index (χ4n) is 8.52. The van der Waals surface area contributed by atoms with Gasteiger partial charge in [0.1, 0.15) is 35.6 Å². The van der Waals surface area contributed by atoms with Gasteiger partial charge < -0.3 is 29.2 Å². The minimum atomic E-state index is -0.749. The molecule has 5 atom stereocenters. The van der Waals surface area contributed by atoms with Gasteiger partial charge in [-0.3, -0.25) is 0 Å². The van der Waals surface area contributed by atoms with Gasteiger partial charge >= 0.3 is 0 Å². The van der Waals surface area contributed by atoms with E-state index in [0.717, 1.165) is 103 Å². The van der Waals surface area contributed by atoms with Crippen molar-refractivity contribution in [3.8, 4) is 51.9 Å². The number of phenolic OH excluding ortho intramolecular Hbond substituents is 1. The van der Waals surface area contributed by atoms with Crippen LogP contribution in [0.25, 0.3) is 11.1 Å². The van der Waals surface area contributed by atoms with Crippen molar-refractivity contribution in [2.75, 3.05) is 7.11 Å². The molecule has 1 fully saturated rings. The predicted molar refractivity (Wildman–Crippen MR) is 188 cm³/mol. The molecule has 254 valence electrons. The van der Waals surface area contributed by atoms with Crippen molar-refractivity contribution in [2.45, 2.75) is 122 Å². The number of aliphatic hydroxyl groups is 1. The van der Waals surface area contributed by atoms with Gasteiger partial charge in [-0.25, -0.2) is 0 Å². The summed E-state index contributed by atoms with van der Waals surface area (Å²) in [4.78, 5) is 0. The van der Waals surface area contributed by atoms with Crippen molar-refractivity contribution in [3.05, 3.63) is 64.2 Å². The molecule has 0 saturated heterocycles. The first-order chi connectivity index (χ1) is 23.3. The van der Waals surface area contributed by atoms with Crippen LogP contribution in [0.4, 0.5) is 0 Å². The van der Waals surface area contributed by atoms with E-state index in [1.54, 1.807) is 7.11 Å². The summed E-state index contributed by atoms with van der Waals surface area (Å²) in [7, 11) is 1.73. The van der Waals surface area contributed by atoms with Gasteiger partial charge in [-0.05, 0) is 102 Å². The van der Waals surface area contributed by atoms with E-state index < -0.39 is 12.2 Å². The van der Waals surface area contributed by atoms with Gasteiger partial charge in [0.15, 0.2) is 11.5 Å². The summed E-state index contributed by atoms with van der Waals surface area (Å²) in [5, 5.41) is 22.8. The molecule has 0 spiro atoms. The maximum absolute atomic E-state index is 11.8. The van der Waals surface area contributed by atoms with Crippen LogP contribution in [0.2, 0.25) is 0 Å². The largest absolute Gasteiger partial charge is 0.508 e. The Bertz CT molecular complexity index is 1710. The molecular weight excluding hydrogens is 600 g/mol. The highest BCUT2D eigenvalue weighted by Gasteiger charge is 2.39. The van der Waals surface area contributed by atoms with Gasteiger partial charge in [-0.15, -0.1) is 0 Å². The lowest BCUT2D eigenvalue weighted by Crippen LogP contribution is -2.32. The van der Waals surface area contributed by atoms with Crippen molar-refractivity contribution < 1.29 is 29.2 Å². The predicted octanol–water partition coefficient (Wildman–Crippen LogP) is 9.20. The van der Waals surface area contributed by atoms with Gasteiger partial charge in [0, 0.05) is 36.0 Å². The summed E-state index contributed by atoms with van der Waals surface area (Å²) < 4.78 is 25.4. The number of aliphatic hydroxyl groups excluding tert-OH is 1. The van der Waals surface area contributed by atoms with Crippen LogP contribution in [0.15, 0.2) is 36.4 Å². The number of hydrogen-bond acceptors (Lipinski definition) is 6. The zero-order chi connectivity index (χ0) is 33.4. The number of fused-ring (bicyclic) bond motifs is 7. The van der Waals surface area contributed by atoms with Gasteiger partial charge in [0.05, 0.1) is 13.2 Å². The number of aromatic hydroxyl groups is 1. The first-order valence-electron chi connectivity index (χ1n) is 18.2. The molecule has 2 aliphatic heterocycles. The molecule has 0 amide bonds. The average Bonchev–Trinajstić information content (AvgIpc) is 3.16. The Hall–Kier alpha value is -3.82. The lowest BCUT2D eigenvalue weighted by atomic mass is 9.72. The van der Waals surface area contributed by atoms with Crippen LogP contribution in [0.3, 0.4) is 0 Å². The molecule has 6 heteroatoms. The maximum atomic E-state index is 11.8. The highest BCUT2D eigenvalue weighted by atomic mass is 16.5. The van der Waals surface area contributed by atoms with Crippen LogP contribution in [-0.4, -0.2) is 29.5 Å². The normalized spacial score (nSPS) is 23.9. The smallest absolute Gasteiger partial charge is 0.182 e. The zero-order valence-corrected chi connectivity index (χ0v) is 28.9. The topological polar surface area (TPSA) is 77.4 Å². The fraction of sp³-hybridized carbons (Fsp3) is 0.524. The molecule has 48 heavy (non-hydrogen) atoms. The van der Waals surface area contributed by atoms with Crippen molar-refractivity contribution in [2.24, 2.45) is 11.8 Å². The van der Waals surface area contributed by atoms with E-state index in [9.17, 15) is 10.2 Å². The van der Waals surface area contributed by atoms with E-state index in [4.69, 9.17) is 18.9 Å². The molecule has 3 aromatic carbocycles. The molecule has 5 unspecified atom stereocenters. The summed E-state index contributed by atoms with van der Waals surface area (Å²) in [6.45, 7) is 6.59. The average molecular weight is 651 g/mol. The van der Waals surface area contributed by atoms with Gasteiger partial charge in [0.2, 0.25) is 0 Å². The highest BCUT2D eigenvalue weighted by Crippen LogP contribution is 2.54. The van der Waals surface area contributed by atoms with E-state index in [1.165, 1.54) is 18.4 Å². The molecule has 6 nitrogen and oxygen atoms in total. The summed E-state index contributed by atoms with van der Waals surface area (Å²) in [6.07, 6.45) is 13.5. The van der Waals surface area contributed by atoms with E-state index >= 15 is 0 Å². The monoisotopic (exact) mass is 650 g/mol. The van der Waals surface area contributed by atoms with E-state index in [2.05, 4.69) is 38.9 Å². The summed E-state index contributed by atoms with van der Waals surface area (Å²) in [5.41, 5.74) is 7.49. The molecule has 2 aliphatic carbocycles. The van der Waals surface area contributed by atoms with Gasteiger partial charge in [0.25, 0.3) is 0 Å². The molecule has 7 rings (SSSR count). The molecular formula is C42H50O6. The third-order valence-electron chi connectivity index (χ3n) is 10.9. The Morgan fingerprint density at radius 2 is 1.83 bits per heavy atom. The van der Waals surface area contributed by atoms with Crippen molar-refractivity contribution in [3.63, 3.8) is 0 Å². The Kier molecular flexibility index (Phi) is 9.52. The number of unbranched alkanes of at least 4 members (excludes halogenated alkanes) is 2. The molecule has 0 bridgehead atoms. The van der Waals surface area contributed by atoms with E-state index in [0.29, 0.717) is 35.5 Å². The van der Waals surface area contributed by atoms with Crippen LogP contribution < -0.4 is 18.9 Å². The van der Waals surface area contributed by atoms with Gasteiger partial charge in [-0.1, -0.05) is 58.4 Å². The first-order valence-corrected chi connectivity index (χ1v) is 18.2. The second kappa shape index (κ2) is 14.0. The number of benzene rings is 3. The fourth-order valence-corrected chi connectivity index (χ4v) is 8.52. The second-order valence-corrected chi connectivity index (χ2v) is 14.8. The minimum Gasteiger partial charge on any atom is -0.508 e. The van der Waals surface area contributed by atoms with Crippen LogP contribution in [0.1, 0.15) is 118 Å². The molecule has 0 radical (unpaired) electrons. The molecule has 3 aromatic rings. The number of rotatable bonds is 8. The Morgan fingerprint density at radius 1 is 0.979 bits per heavy atom. The van der Waals surface area contributed by atoms with Crippen LogP contribution in [0, 0.1) is 23.9 Å². The van der Waals surface area contributed by atoms with Gasteiger partial charge in [-0.2, -0.15) is 0 Å². The molecule has 4 aliphatic rings. The Balaban J connectivity index is 1.28. The SMILES string of the molecule is CCCCCC1Cc2cc(O)c(CC(C)C)cc2-c2c(OC)cc3c(c21)CC(O)C(c1ccc2c(c1)OC1CCCCC1CC#CO2)O3. The van der Waals surface area contributed by atoms with Crippen molar-refractivity contribution in [1.82, 2.24) is 0 Å². The van der Waals surface area contributed by atoms with Crippen LogP contribution in [-0.2, 0) is 19.3 Å². The first kappa shape index (κ1) is 32.7.